The van der Waals surface area contributed by atoms with Crippen molar-refractivity contribution >= 4 is 27.3 Å². The smallest absolute Gasteiger partial charge is 0.264 e. The lowest BCUT2D eigenvalue weighted by Gasteiger charge is -2.29. The largest absolute Gasteiger partial charge is 0.493 e. The molecule has 3 aromatic rings. The molecule has 0 unspecified atom stereocenters. The average molecular weight is 467 g/mol. The number of carbonyl (C=O) groups is 1. The molecule has 0 fully saturated rings. The molecular weight excluding hydrogens is 440 g/mol. The zero-order valence-corrected chi connectivity index (χ0v) is 19.6. The van der Waals surface area contributed by atoms with Crippen molar-refractivity contribution in [1.29, 1.82) is 0 Å². The maximum absolute atomic E-state index is 13.6. The minimum absolute atomic E-state index is 0.0680. The molecule has 0 saturated heterocycles. The molecule has 33 heavy (non-hydrogen) atoms. The summed E-state index contributed by atoms with van der Waals surface area (Å²) in [6, 6.07) is 20.5. The minimum atomic E-state index is -4.03. The zero-order chi connectivity index (χ0) is 23.6. The van der Waals surface area contributed by atoms with Gasteiger partial charge in [-0.1, -0.05) is 36.4 Å². The van der Waals surface area contributed by atoms with E-state index in [4.69, 9.17) is 9.47 Å². The molecular formula is C25H26N2O5S. The zero-order valence-electron chi connectivity index (χ0n) is 18.8. The van der Waals surface area contributed by atoms with Crippen molar-refractivity contribution in [3.05, 3.63) is 78.4 Å². The number of methoxy groups -OCH3 is 2. The fraction of sp³-hybridized carbons (Fsp3) is 0.240. The van der Waals surface area contributed by atoms with E-state index in [2.05, 4.69) is 0 Å². The number of sulfonamides is 1. The number of ether oxygens (including phenoxy) is 2. The van der Waals surface area contributed by atoms with Crippen molar-refractivity contribution in [3.63, 3.8) is 0 Å². The van der Waals surface area contributed by atoms with Crippen LogP contribution in [0.4, 0.5) is 11.4 Å². The van der Waals surface area contributed by atoms with Gasteiger partial charge in [0.05, 0.1) is 24.8 Å². The topological polar surface area (TPSA) is 76.2 Å². The number of rotatable bonds is 7. The third-order valence-electron chi connectivity index (χ3n) is 5.74. The second kappa shape index (κ2) is 9.15. The maximum atomic E-state index is 13.6. The summed E-state index contributed by atoms with van der Waals surface area (Å²) in [4.78, 5) is 15.3. The number of hydrogen-bond acceptors (Lipinski definition) is 5. The van der Waals surface area contributed by atoms with Crippen molar-refractivity contribution < 1.29 is 22.7 Å². The van der Waals surface area contributed by atoms with E-state index in [0.29, 0.717) is 17.2 Å². The van der Waals surface area contributed by atoms with E-state index in [1.807, 2.05) is 31.2 Å². The van der Waals surface area contributed by atoms with Gasteiger partial charge in [-0.2, -0.15) is 0 Å². The molecule has 0 radical (unpaired) electrons. The highest BCUT2D eigenvalue weighted by molar-refractivity contribution is 7.92. The first-order chi connectivity index (χ1) is 15.9. The molecule has 0 aliphatic carbocycles. The highest BCUT2D eigenvalue weighted by Crippen LogP contribution is 2.35. The summed E-state index contributed by atoms with van der Waals surface area (Å²) in [5.74, 6) is 0.532. The summed E-state index contributed by atoms with van der Waals surface area (Å²) in [7, 11) is -1.05. The molecule has 1 atom stereocenters. The minimum Gasteiger partial charge on any atom is -0.493 e. The van der Waals surface area contributed by atoms with Gasteiger partial charge in [0.25, 0.3) is 10.0 Å². The van der Waals surface area contributed by atoms with E-state index < -0.39 is 10.0 Å². The summed E-state index contributed by atoms with van der Waals surface area (Å²) < 4.78 is 39.1. The van der Waals surface area contributed by atoms with Crippen LogP contribution >= 0.6 is 0 Å². The molecule has 3 aromatic carbocycles. The fourth-order valence-corrected chi connectivity index (χ4v) is 5.59. The van der Waals surface area contributed by atoms with Gasteiger partial charge in [-0.25, -0.2) is 8.42 Å². The van der Waals surface area contributed by atoms with Gasteiger partial charge in [-0.15, -0.1) is 0 Å². The first-order valence-electron chi connectivity index (χ1n) is 10.6. The second-order valence-electron chi connectivity index (χ2n) is 7.81. The standard InChI is InChI=1S/C25H26N2O5S/c1-18-15-19-9-7-8-12-22(19)27(18)25(28)17-26(33(29,30)21-10-5-4-6-11-21)20-13-14-23(31-2)24(16-20)32-3/h4-14,16,18H,15,17H2,1-3H3/t18-/m1/s1. The van der Waals surface area contributed by atoms with E-state index in [-0.39, 0.29) is 23.4 Å². The van der Waals surface area contributed by atoms with Crippen molar-refractivity contribution in [2.24, 2.45) is 0 Å². The van der Waals surface area contributed by atoms with Crippen LogP contribution in [0.25, 0.3) is 0 Å². The number of amides is 1. The lowest BCUT2D eigenvalue weighted by Crippen LogP contribution is -2.45. The second-order valence-corrected chi connectivity index (χ2v) is 9.67. The number of anilines is 2. The highest BCUT2D eigenvalue weighted by Gasteiger charge is 2.35. The summed E-state index contributed by atoms with van der Waals surface area (Å²) >= 11 is 0. The Morgan fingerprint density at radius 2 is 1.64 bits per heavy atom. The first kappa shape index (κ1) is 22.7. The average Bonchev–Trinajstić information content (AvgIpc) is 3.18. The van der Waals surface area contributed by atoms with Crippen LogP contribution in [0, 0.1) is 0 Å². The molecule has 0 aromatic heterocycles. The van der Waals surface area contributed by atoms with Crippen molar-refractivity contribution in [2.75, 3.05) is 30.0 Å². The van der Waals surface area contributed by atoms with Gasteiger partial charge in [0, 0.05) is 17.8 Å². The lowest BCUT2D eigenvalue weighted by atomic mass is 10.1. The molecule has 0 bridgehead atoms. The van der Waals surface area contributed by atoms with Gasteiger partial charge in [-0.05, 0) is 49.2 Å². The molecule has 0 N–H and O–H groups in total. The van der Waals surface area contributed by atoms with Crippen LogP contribution in [0.3, 0.4) is 0 Å². The van der Waals surface area contributed by atoms with E-state index in [1.54, 1.807) is 41.3 Å². The van der Waals surface area contributed by atoms with E-state index in [9.17, 15) is 13.2 Å². The van der Waals surface area contributed by atoms with Crippen LogP contribution in [-0.2, 0) is 21.2 Å². The first-order valence-corrected chi connectivity index (χ1v) is 12.0. The van der Waals surface area contributed by atoms with E-state index >= 15 is 0 Å². The molecule has 7 nitrogen and oxygen atoms in total. The predicted octanol–water partition coefficient (Wildman–Crippen LogP) is 3.88. The molecule has 1 amide bonds. The third kappa shape index (κ3) is 4.26. The normalized spacial score (nSPS) is 15.1. The Balaban J connectivity index is 1.76. The van der Waals surface area contributed by atoms with Crippen LogP contribution in [0.5, 0.6) is 11.5 Å². The van der Waals surface area contributed by atoms with Gasteiger partial charge in [-0.3, -0.25) is 9.10 Å². The van der Waals surface area contributed by atoms with Crippen molar-refractivity contribution in [3.8, 4) is 11.5 Å². The Kier molecular flexibility index (Phi) is 6.29. The monoisotopic (exact) mass is 466 g/mol. The van der Waals surface area contributed by atoms with Gasteiger partial charge in [0.1, 0.15) is 6.54 Å². The van der Waals surface area contributed by atoms with Crippen LogP contribution in [0.15, 0.2) is 77.7 Å². The SMILES string of the molecule is COc1ccc(N(CC(=O)N2c3ccccc3C[C@H]2C)S(=O)(=O)c2ccccc2)cc1OC. The van der Waals surface area contributed by atoms with Crippen molar-refractivity contribution in [2.45, 2.75) is 24.3 Å². The molecule has 1 heterocycles. The Morgan fingerprint density at radius 1 is 0.970 bits per heavy atom. The Labute approximate surface area is 194 Å². The summed E-state index contributed by atoms with van der Waals surface area (Å²) in [6.07, 6.45) is 0.726. The van der Waals surface area contributed by atoms with Crippen LogP contribution in [-0.4, -0.2) is 41.1 Å². The van der Waals surface area contributed by atoms with Crippen LogP contribution in [0.2, 0.25) is 0 Å². The summed E-state index contributed by atoms with van der Waals surface area (Å²) in [6.45, 7) is 1.61. The number of hydrogen-bond donors (Lipinski definition) is 0. The molecule has 4 rings (SSSR count). The van der Waals surface area contributed by atoms with Crippen molar-refractivity contribution in [1.82, 2.24) is 0 Å². The van der Waals surface area contributed by atoms with Crippen LogP contribution in [0.1, 0.15) is 12.5 Å². The molecule has 1 aliphatic rings. The Hall–Kier alpha value is -3.52. The predicted molar refractivity (Wildman–Crippen MR) is 128 cm³/mol. The molecule has 0 spiro atoms. The number of para-hydroxylation sites is 1. The summed E-state index contributed by atoms with van der Waals surface area (Å²) in [5.41, 5.74) is 2.20. The number of carbonyl (C=O) groups excluding carboxylic acids is 1. The van der Waals surface area contributed by atoms with Gasteiger partial charge in [0.15, 0.2) is 11.5 Å². The Bertz CT molecular complexity index is 1260. The number of benzene rings is 3. The van der Waals surface area contributed by atoms with Gasteiger partial charge < -0.3 is 14.4 Å². The lowest BCUT2D eigenvalue weighted by molar-refractivity contribution is -0.117. The maximum Gasteiger partial charge on any atom is 0.264 e. The fourth-order valence-electron chi connectivity index (χ4n) is 4.16. The summed E-state index contributed by atoms with van der Waals surface area (Å²) in [5, 5.41) is 0. The molecule has 1 aliphatic heterocycles. The van der Waals surface area contributed by atoms with E-state index in [0.717, 1.165) is 22.0 Å². The van der Waals surface area contributed by atoms with Crippen LogP contribution < -0.4 is 18.7 Å². The molecule has 172 valence electrons. The number of fused-ring (bicyclic) bond motifs is 1. The van der Waals surface area contributed by atoms with Gasteiger partial charge in [0.2, 0.25) is 5.91 Å². The quantitative estimate of drug-likeness (QED) is 0.528. The third-order valence-corrected chi connectivity index (χ3v) is 7.53. The molecule has 0 saturated carbocycles. The van der Waals surface area contributed by atoms with Gasteiger partial charge >= 0.3 is 0 Å². The Morgan fingerprint density at radius 3 is 2.33 bits per heavy atom. The number of nitrogens with zero attached hydrogens (tertiary/aromatic N) is 2. The van der Waals surface area contributed by atoms with E-state index in [1.165, 1.54) is 26.4 Å². The molecule has 8 heteroatoms. The highest BCUT2D eigenvalue weighted by atomic mass is 32.2.